The average Bonchev–Trinajstić information content (AvgIpc) is 2.67. The number of anilines is 1. The average molecular weight is 343 g/mol. The minimum Gasteiger partial charge on any atom is -0.491 e. The van der Waals surface area contributed by atoms with Crippen molar-refractivity contribution in [2.24, 2.45) is 0 Å². The highest BCUT2D eigenvalue weighted by molar-refractivity contribution is 6.06. The first-order valence-corrected chi connectivity index (χ1v) is 8.09. The Bertz CT molecular complexity index is 681. The van der Waals surface area contributed by atoms with Crippen molar-refractivity contribution in [2.45, 2.75) is 0 Å². The summed E-state index contributed by atoms with van der Waals surface area (Å²) < 4.78 is 22.3. The Morgan fingerprint density at radius 3 is 2.40 bits per heavy atom. The lowest BCUT2D eigenvalue weighted by Crippen LogP contribution is -2.08. The van der Waals surface area contributed by atoms with Gasteiger partial charge in [-0.15, -0.1) is 0 Å². The van der Waals surface area contributed by atoms with E-state index in [1.165, 1.54) is 0 Å². The van der Waals surface area contributed by atoms with Gasteiger partial charge in [-0.3, -0.25) is 4.79 Å². The van der Waals surface area contributed by atoms with Crippen LogP contribution in [0.1, 0.15) is 15.9 Å². The van der Waals surface area contributed by atoms with Crippen LogP contribution >= 0.6 is 0 Å². The summed E-state index contributed by atoms with van der Waals surface area (Å²) in [6.07, 6.45) is 3.34. The third kappa shape index (κ3) is 6.39. The summed E-state index contributed by atoms with van der Waals surface area (Å²) in [5, 5.41) is 3.05. The summed E-state index contributed by atoms with van der Waals surface area (Å²) in [4.78, 5) is 12.2. The van der Waals surface area contributed by atoms with Gasteiger partial charge >= 0.3 is 0 Å². The predicted octanol–water partition coefficient (Wildman–Crippen LogP) is 3.99. The van der Waals surface area contributed by atoms with Crippen LogP contribution in [0.2, 0.25) is 0 Å². The second-order valence-corrected chi connectivity index (χ2v) is 5.24. The first-order chi connectivity index (χ1) is 12.2. The van der Waals surface area contributed by atoms with Crippen LogP contribution in [0, 0.1) is 0 Å². The molecule has 0 aliphatic carbocycles. The normalized spacial score (nSPS) is 10.8. The molecule has 0 radical (unpaired) electrons. The van der Waals surface area contributed by atoms with Crippen LogP contribution in [-0.4, -0.2) is 39.3 Å². The van der Waals surface area contributed by atoms with Gasteiger partial charge in [0.2, 0.25) is 0 Å². The molecule has 1 N–H and O–H groups in total. The third-order valence-electron chi connectivity index (χ3n) is 3.48. The van der Waals surface area contributed by atoms with E-state index in [0.717, 1.165) is 11.3 Å². The Balaban J connectivity index is 1.85. The Kier molecular flexibility index (Phi) is 7.66. The molecule has 2 rings (SSSR count). The van der Waals surface area contributed by atoms with Crippen molar-refractivity contribution in [2.75, 3.05) is 38.9 Å². The lowest BCUT2D eigenvalue weighted by molar-refractivity contribution is 0.0897. The molecule has 0 heterocycles. The van der Waals surface area contributed by atoms with Gasteiger partial charge < -0.3 is 14.8 Å². The Hall–Kier alpha value is -2.66. The number of nitrogens with one attached hydrogen (secondary N) is 1. The highest BCUT2D eigenvalue weighted by Crippen LogP contribution is 2.14. The molecule has 0 saturated carbocycles. The molecule has 132 valence electrons. The van der Waals surface area contributed by atoms with Crippen LogP contribution in [-0.2, 0) is 4.74 Å². The smallest absolute Gasteiger partial charge is 0.185 e. The third-order valence-corrected chi connectivity index (χ3v) is 3.48. The van der Waals surface area contributed by atoms with Crippen LogP contribution < -0.4 is 10.1 Å². The van der Waals surface area contributed by atoms with Crippen molar-refractivity contribution >= 4 is 17.5 Å². The first kappa shape index (κ1) is 18.7. The number of rotatable bonds is 10. The molecule has 25 heavy (non-hydrogen) atoms. The summed E-state index contributed by atoms with van der Waals surface area (Å²) in [6, 6.07) is 14.7. The molecular weight excluding hydrogens is 321 g/mol. The van der Waals surface area contributed by atoms with Gasteiger partial charge in [-0.1, -0.05) is 18.2 Å². The van der Waals surface area contributed by atoms with Gasteiger partial charge in [-0.05, 0) is 48.0 Å². The number of ketones is 1. The molecule has 0 aromatic heterocycles. The van der Waals surface area contributed by atoms with Crippen LogP contribution in [0.4, 0.5) is 10.1 Å². The fraction of sp³-hybridized carbons (Fsp3) is 0.250. The van der Waals surface area contributed by atoms with E-state index in [4.69, 9.17) is 9.47 Å². The summed E-state index contributed by atoms with van der Waals surface area (Å²) >= 11 is 0. The van der Waals surface area contributed by atoms with Crippen LogP contribution in [0.15, 0.2) is 54.6 Å². The molecular formula is C20H22FNO3. The van der Waals surface area contributed by atoms with E-state index in [2.05, 4.69) is 5.32 Å². The second kappa shape index (κ2) is 10.3. The molecule has 0 unspecified atom stereocenters. The van der Waals surface area contributed by atoms with E-state index in [9.17, 15) is 9.18 Å². The fourth-order valence-electron chi connectivity index (χ4n) is 2.12. The standard InChI is InChI=1S/C20H22FNO3/c1-22-18-7-2-16(3-8-18)4-11-20(23)17-5-9-19(10-6-17)25-15-14-24-13-12-21/h2-11,22H,12-15H2,1H3/b11-4+. The van der Waals surface area contributed by atoms with E-state index < -0.39 is 6.67 Å². The molecule has 0 aliphatic heterocycles. The SMILES string of the molecule is CNc1ccc(/C=C/C(=O)c2ccc(OCCOCCF)cc2)cc1. The van der Waals surface area contributed by atoms with Gasteiger partial charge in [0, 0.05) is 18.3 Å². The van der Waals surface area contributed by atoms with Crippen molar-refractivity contribution < 1.29 is 18.7 Å². The minimum atomic E-state index is -0.496. The molecule has 0 bridgehead atoms. The summed E-state index contributed by atoms with van der Waals surface area (Å²) in [7, 11) is 1.86. The van der Waals surface area contributed by atoms with E-state index in [0.29, 0.717) is 24.5 Å². The summed E-state index contributed by atoms with van der Waals surface area (Å²) in [5.41, 5.74) is 2.57. The number of ether oxygens (including phenoxy) is 2. The molecule has 4 nitrogen and oxygen atoms in total. The Morgan fingerprint density at radius 2 is 1.76 bits per heavy atom. The zero-order chi connectivity index (χ0) is 17.9. The van der Waals surface area contributed by atoms with Crippen molar-refractivity contribution in [3.8, 4) is 5.75 Å². The summed E-state index contributed by atoms with van der Waals surface area (Å²) in [6.45, 7) is 0.264. The first-order valence-electron chi connectivity index (χ1n) is 8.09. The minimum absolute atomic E-state index is 0.0736. The number of alkyl halides is 1. The number of benzene rings is 2. The van der Waals surface area contributed by atoms with E-state index in [1.807, 2.05) is 31.3 Å². The number of allylic oxidation sites excluding steroid dienone is 1. The van der Waals surface area contributed by atoms with Gasteiger partial charge in [-0.25, -0.2) is 4.39 Å². The van der Waals surface area contributed by atoms with Crippen LogP contribution in [0.25, 0.3) is 6.08 Å². The highest BCUT2D eigenvalue weighted by Gasteiger charge is 2.02. The Labute approximate surface area is 147 Å². The van der Waals surface area contributed by atoms with Gasteiger partial charge in [0.1, 0.15) is 19.0 Å². The maximum atomic E-state index is 12.2. The number of hydrogen-bond donors (Lipinski definition) is 1. The van der Waals surface area contributed by atoms with Gasteiger partial charge in [0.25, 0.3) is 0 Å². The van der Waals surface area contributed by atoms with Crippen molar-refractivity contribution in [3.63, 3.8) is 0 Å². The van der Waals surface area contributed by atoms with E-state index in [1.54, 1.807) is 36.4 Å². The topological polar surface area (TPSA) is 47.6 Å². The monoisotopic (exact) mass is 343 g/mol. The predicted molar refractivity (Wildman–Crippen MR) is 98.1 cm³/mol. The van der Waals surface area contributed by atoms with Crippen molar-refractivity contribution in [1.29, 1.82) is 0 Å². The van der Waals surface area contributed by atoms with Gasteiger partial charge in [0.15, 0.2) is 5.78 Å². The zero-order valence-corrected chi connectivity index (χ0v) is 14.2. The molecule has 0 aliphatic rings. The number of carbonyl (C=O) groups is 1. The fourth-order valence-corrected chi connectivity index (χ4v) is 2.12. The zero-order valence-electron chi connectivity index (χ0n) is 14.2. The quantitative estimate of drug-likeness (QED) is 0.403. The van der Waals surface area contributed by atoms with Crippen molar-refractivity contribution in [3.05, 3.63) is 65.7 Å². The molecule has 2 aromatic carbocycles. The molecule has 0 fully saturated rings. The van der Waals surface area contributed by atoms with Crippen molar-refractivity contribution in [1.82, 2.24) is 0 Å². The number of halogens is 1. The molecule has 0 spiro atoms. The van der Waals surface area contributed by atoms with E-state index in [-0.39, 0.29) is 12.4 Å². The summed E-state index contributed by atoms with van der Waals surface area (Å²) in [5.74, 6) is 0.572. The van der Waals surface area contributed by atoms with E-state index >= 15 is 0 Å². The number of carbonyl (C=O) groups excluding carboxylic acids is 1. The highest BCUT2D eigenvalue weighted by atomic mass is 19.1. The van der Waals surface area contributed by atoms with Crippen LogP contribution in [0.3, 0.4) is 0 Å². The van der Waals surface area contributed by atoms with Gasteiger partial charge in [-0.2, -0.15) is 0 Å². The molecule has 0 saturated heterocycles. The maximum absolute atomic E-state index is 12.2. The lowest BCUT2D eigenvalue weighted by atomic mass is 10.1. The number of hydrogen-bond acceptors (Lipinski definition) is 4. The molecule has 0 atom stereocenters. The van der Waals surface area contributed by atoms with Crippen LogP contribution in [0.5, 0.6) is 5.75 Å². The second-order valence-electron chi connectivity index (χ2n) is 5.24. The largest absolute Gasteiger partial charge is 0.491 e. The Morgan fingerprint density at radius 1 is 1.04 bits per heavy atom. The lowest BCUT2D eigenvalue weighted by Gasteiger charge is -2.06. The molecule has 5 heteroatoms. The van der Waals surface area contributed by atoms with Gasteiger partial charge in [0.05, 0.1) is 13.2 Å². The molecule has 2 aromatic rings. The maximum Gasteiger partial charge on any atom is 0.185 e. The molecule has 0 amide bonds.